The van der Waals surface area contributed by atoms with E-state index in [0.717, 1.165) is 0 Å². The fourth-order valence-corrected chi connectivity index (χ4v) is 3.04. The first-order valence-corrected chi connectivity index (χ1v) is 8.86. The lowest BCUT2D eigenvalue weighted by Gasteiger charge is -2.38. The molecule has 0 amide bonds. The third-order valence-corrected chi connectivity index (χ3v) is 4.68. The highest BCUT2D eigenvalue weighted by atomic mass is 19.4. The zero-order valence-electron chi connectivity index (χ0n) is 15.6. The highest BCUT2D eigenvalue weighted by molar-refractivity contribution is 5.39. The van der Waals surface area contributed by atoms with Crippen molar-refractivity contribution in [3.8, 4) is 11.6 Å². The molecule has 2 heterocycles. The van der Waals surface area contributed by atoms with E-state index < -0.39 is 55.1 Å². The second kappa shape index (κ2) is 8.76. The molecule has 12 heteroatoms. The number of aliphatic hydroxyl groups excluding tert-OH is 3. The number of alkyl halides is 4. The van der Waals surface area contributed by atoms with Gasteiger partial charge in [0.15, 0.2) is 6.17 Å². The molecule has 166 valence electrons. The van der Waals surface area contributed by atoms with Crippen LogP contribution in [0.5, 0.6) is 11.6 Å². The number of aromatic amines is 1. The van der Waals surface area contributed by atoms with Crippen LogP contribution in [-0.2, 0) is 17.3 Å². The van der Waals surface area contributed by atoms with Gasteiger partial charge in [-0.15, -0.1) is 5.10 Å². The topological polar surface area (TPSA) is 117 Å². The summed E-state index contributed by atoms with van der Waals surface area (Å²) >= 11 is 0. The number of H-pyrrole nitrogens is 1. The maximum absolute atomic E-state index is 13.9. The predicted molar refractivity (Wildman–Crippen MR) is 92.7 cm³/mol. The number of ether oxygens (including phenoxy) is 3. The number of benzene rings is 1. The zero-order valence-corrected chi connectivity index (χ0v) is 15.6. The van der Waals surface area contributed by atoms with Gasteiger partial charge >= 0.3 is 6.18 Å². The molecule has 0 bridgehead atoms. The molecule has 0 saturated carbocycles. The first kappa shape index (κ1) is 22.3. The maximum atomic E-state index is 13.9. The molecule has 2 aromatic rings. The van der Waals surface area contributed by atoms with Crippen molar-refractivity contribution in [3.63, 3.8) is 0 Å². The minimum atomic E-state index is -4.78. The number of halogens is 4. The Morgan fingerprint density at radius 1 is 1.17 bits per heavy atom. The molecular weight excluding hydrogens is 416 g/mol. The third kappa shape index (κ3) is 4.51. The number of aromatic nitrogens is 2. The lowest BCUT2D eigenvalue weighted by atomic mass is 10.0. The number of hydrogen-bond acceptors (Lipinski definition) is 7. The molecule has 1 aliphatic heterocycles. The van der Waals surface area contributed by atoms with Crippen LogP contribution in [0.3, 0.4) is 0 Å². The van der Waals surface area contributed by atoms with Gasteiger partial charge in [0, 0.05) is 6.42 Å². The van der Waals surface area contributed by atoms with E-state index in [2.05, 4.69) is 5.10 Å². The van der Waals surface area contributed by atoms with Crippen molar-refractivity contribution in [1.29, 1.82) is 0 Å². The van der Waals surface area contributed by atoms with Crippen molar-refractivity contribution in [2.45, 2.75) is 43.4 Å². The third-order valence-electron chi connectivity index (χ3n) is 4.68. The Morgan fingerprint density at radius 2 is 1.83 bits per heavy atom. The summed E-state index contributed by atoms with van der Waals surface area (Å²) < 4.78 is 69.5. The summed E-state index contributed by atoms with van der Waals surface area (Å²) in [6, 6.07) is 6.25. The Labute approximate surface area is 168 Å². The van der Waals surface area contributed by atoms with Gasteiger partial charge in [-0.05, 0) is 17.7 Å². The summed E-state index contributed by atoms with van der Waals surface area (Å²) in [5, 5.41) is 34.3. The monoisotopic (exact) mass is 436 g/mol. The van der Waals surface area contributed by atoms with Crippen molar-refractivity contribution in [2.75, 3.05) is 13.7 Å². The van der Waals surface area contributed by atoms with Crippen LogP contribution in [0.4, 0.5) is 17.6 Å². The van der Waals surface area contributed by atoms with Crippen molar-refractivity contribution in [3.05, 3.63) is 41.1 Å². The predicted octanol–water partition coefficient (Wildman–Crippen LogP) is 1.18. The minimum Gasteiger partial charge on any atom is -0.497 e. The van der Waals surface area contributed by atoms with E-state index in [1.807, 2.05) is 5.10 Å². The van der Waals surface area contributed by atoms with Gasteiger partial charge in [-0.3, -0.25) is 5.10 Å². The molecule has 1 aromatic heterocycles. The van der Waals surface area contributed by atoms with Gasteiger partial charge in [-0.2, -0.15) is 13.2 Å². The summed E-state index contributed by atoms with van der Waals surface area (Å²) in [6.45, 7) is -0.835. The van der Waals surface area contributed by atoms with Gasteiger partial charge in [0.05, 0.1) is 19.3 Å². The number of nitrogens with zero attached hydrogens (tertiary/aromatic N) is 1. The first-order valence-electron chi connectivity index (χ1n) is 8.86. The van der Waals surface area contributed by atoms with Crippen LogP contribution in [0.25, 0.3) is 0 Å². The van der Waals surface area contributed by atoms with Crippen molar-refractivity contribution in [1.82, 2.24) is 10.2 Å². The van der Waals surface area contributed by atoms with Crippen LogP contribution in [-0.4, -0.2) is 70.0 Å². The Morgan fingerprint density at radius 3 is 2.40 bits per heavy atom. The summed E-state index contributed by atoms with van der Waals surface area (Å²) in [6.07, 6.45) is -14.3. The van der Waals surface area contributed by atoms with Gasteiger partial charge in [-0.25, -0.2) is 4.39 Å². The largest absolute Gasteiger partial charge is 0.497 e. The molecule has 4 N–H and O–H groups in total. The quantitative estimate of drug-likeness (QED) is 0.503. The van der Waals surface area contributed by atoms with Crippen LogP contribution in [0.2, 0.25) is 0 Å². The summed E-state index contributed by atoms with van der Waals surface area (Å²) in [5.41, 5.74) is -1.06. The van der Waals surface area contributed by atoms with Crippen molar-refractivity contribution < 1.29 is 47.1 Å². The standard InChI is InChI=1S/C18H20F4N2O6/c1-28-9-4-2-8(3-5-9)6-10-15(18(20,21)22)23-24-16(10)30-17-14(27)13(26)12(19)11(7-25)29-17/h2-5,11-14,17,25-27H,6-7H2,1H3,(H,23,24)/t11-,12-,13+,14-,17?/m1/s1. The number of nitrogens with one attached hydrogen (secondary N) is 1. The fourth-order valence-electron chi connectivity index (χ4n) is 3.04. The molecule has 3 rings (SSSR count). The van der Waals surface area contributed by atoms with E-state index >= 15 is 0 Å². The van der Waals surface area contributed by atoms with Crippen LogP contribution >= 0.6 is 0 Å². The normalized spacial score (nSPS) is 27.1. The van der Waals surface area contributed by atoms with E-state index in [-0.39, 0.29) is 12.0 Å². The average Bonchev–Trinajstić information content (AvgIpc) is 3.11. The molecule has 0 spiro atoms. The van der Waals surface area contributed by atoms with E-state index in [1.165, 1.54) is 7.11 Å². The highest BCUT2D eigenvalue weighted by Crippen LogP contribution is 2.37. The number of hydrogen-bond donors (Lipinski definition) is 4. The Hall–Kier alpha value is -2.41. The number of rotatable bonds is 6. The number of aliphatic hydroxyl groups is 3. The molecule has 8 nitrogen and oxygen atoms in total. The zero-order chi connectivity index (χ0) is 22.1. The van der Waals surface area contributed by atoms with Gasteiger partial charge < -0.3 is 29.5 Å². The SMILES string of the molecule is COc1ccc(Cc2c(OC3O[C@H](CO)[C@@H](F)[C@H](O)[C@H]3O)n[nH]c2C(F)(F)F)cc1. The first-order chi connectivity index (χ1) is 14.2. The van der Waals surface area contributed by atoms with Gasteiger partial charge in [-0.1, -0.05) is 12.1 Å². The highest BCUT2D eigenvalue weighted by Gasteiger charge is 2.47. The van der Waals surface area contributed by atoms with Crippen molar-refractivity contribution in [2.24, 2.45) is 0 Å². The maximum Gasteiger partial charge on any atom is 0.433 e. The summed E-state index contributed by atoms with van der Waals surface area (Å²) in [7, 11) is 1.45. The van der Waals surface area contributed by atoms with Crippen LogP contribution in [0, 0.1) is 0 Å². The van der Waals surface area contributed by atoms with E-state index in [0.29, 0.717) is 11.3 Å². The second-order valence-corrected chi connectivity index (χ2v) is 6.67. The van der Waals surface area contributed by atoms with Crippen LogP contribution < -0.4 is 9.47 Å². The van der Waals surface area contributed by atoms with Crippen LogP contribution in [0.1, 0.15) is 16.8 Å². The van der Waals surface area contributed by atoms with E-state index in [1.54, 1.807) is 24.3 Å². The van der Waals surface area contributed by atoms with E-state index in [4.69, 9.17) is 19.3 Å². The summed E-state index contributed by atoms with van der Waals surface area (Å²) in [5.74, 6) is -0.0228. The molecule has 1 unspecified atom stereocenters. The number of methoxy groups -OCH3 is 1. The molecule has 1 aliphatic rings. The molecule has 0 aliphatic carbocycles. The molecule has 1 saturated heterocycles. The Balaban J connectivity index is 1.89. The second-order valence-electron chi connectivity index (χ2n) is 6.67. The van der Waals surface area contributed by atoms with Gasteiger partial charge in [0.2, 0.25) is 12.2 Å². The molecule has 0 radical (unpaired) electrons. The molecule has 30 heavy (non-hydrogen) atoms. The lowest BCUT2D eigenvalue weighted by Crippen LogP contribution is -2.58. The minimum absolute atomic E-state index is 0.245. The van der Waals surface area contributed by atoms with Gasteiger partial charge in [0.25, 0.3) is 0 Å². The Bertz CT molecular complexity index is 842. The van der Waals surface area contributed by atoms with Crippen LogP contribution in [0.15, 0.2) is 24.3 Å². The lowest BCUT2D eigenvalue weighted by molar-refractivity contribution is -0.265. The molecule has 1 fully saturated rings. The fraction of sp³-hybridized carbons (Fsp3) is 0.500. The smallest absolute Gasteiger partial charge is 0.433 e. The van der Waals surface area contributed by atoms with Gasteiger partial charge in [0.1, 0.15) is 29.8 Å². The van der Waals surface area contributed by atoms with Crippen molar-refractivity contribution >= 4 is 0 Å². The molecule has 5 atom stereocenters. The Kier molecular flexibility index (Phi) is 6.50. The average molecular weight is 436 g/mol. The van der Waals surface area contributed by atoms with E-state index in [9.17, 15) is 27.8 Å². The molecular formula is C18H20F4N2O6. The summed E-state index contributed by atoms with van der Waals surface area (Å²) in [4.78, 5) is 0. The molecule has 1 aromatic carbocycles.